The number of para-hydroxylation sites is 1. The van der Waals surface area contributed by atoms with Gasteiger partial charge in [-0.15, -0.1) is 0 Å². The molecule has 0 atom stereocenters. The zero-order chi connectivity index (χ0) is 11.4. The second-order valence-electron chi connectivity index (χ2n) is 4.08. The molecule has 86 valence electrons. The van der Waals surface area contributed by atoms with Crippen LogP contribution in [0.5, 0.6) is 0 Å². The molecule has 0 bridgehead atoms. The van der Waals surface area contributed by atoms with Crippen molar-refractivity contribution in [3.63, 3.8) is 0 Å². The van der Waals surface area contributed by atoms with Crippen molar-refractivity contribution >= 4 is 22.5 Å². The first-order chi connectivity index (χ1) is 7.83. The SMILES string of the molecule is NCCCCCc1c[nH]c2c(Cl)cccc12. The Hall–Kier alpha value is -0.990. The molecule has 16 heavy (non-hydrogen) atoms. The van der Waals surface area contributed by atoms with E-state index in [1.807, 2.05) is 12.1 Å². The molecular formula is C13H17ClN2. The summed E-state index contributed by atoms with van der Waals surface area (Å²) in [4.78, 5) is 3.24. The highest BCUT2D eigenvalue weighted by Crippen LogP contribution is 2.26. The number of hydrogen-bond acceptors (Lipinski definition) is 1. The van der Waals surface area contributed by atoms with Gasteiger partial charge in [-0.1, -0.05) is 30.2 Å². The summed E-state index contributed by atoms with van der Waals surface area (Å²) in [7, 11) is 0. The van der Waals surface area contributed by atoms with Crippen LogP contribution >= 0.6 is 11.6 Å². The molecule has 0 saturated carbocycles. The number of aromatic nitrogens is 1. The van der Waals surface area contributed by atoms with Gasteiger partial charge in [-0.25, -0.2) is 0 Å². The molecule has 2 rings (SSSR count). The molecule has 3 N–H and O–H groups in total. The highest BCUT2D eigenvalue weighted by Gasteiger charge is 2.05. The van der Waals surface area contributed by atoms with Gasteiger partial charge in [0.1, 0.15) is 0 Å². The number of aromatic amines is 1. The first kappa shape index (κ1) is 11.5. The Labute approximate surface area is 101 Å². The summed E-state index contributed by atoms with van der Waals surface area (Å²) in [6, 6.07) is 6.04. The molecule has 0 unspecified atom stereocenters. The summed E-state index contributed by atoms with van der Waals surface area (Å²) < 4.78 is 0. The first-order valence-electron chi connectivity index (χ1n) is 5.77. The summed E-state index contributed by atoms with van der Waals surface area (Å²) in [6.07, 6.45) is 6.67. The molecule has 2 nitrogen and oxygen atoms in total. The summed E-state index contributed by atoms with van der Waals surface area (Å²) in [5.41, 5.74) is 7.88. The maximum atomic E-state index is 6.11. The Morgan fingerprint density at radius 3 is 2.88 bits per heavy atom. The van der Waals surface area contributed by atoms with Gasteiger partial charge in [0, 0.05) is 11.6 Å². The summed E-state index contributed by atoms with van der Waals surface area (Å²) >= 11 is 6.11. The largest absolute Gasteiger partial charge is 0.360 e. The van der Waals surface area contributed by atoms with Crippen LogP contribution in [0.1, 0.15) is 24.8 Å². The Kier molecular flexibility index (Phi) is 3.86. The molecule has 1 aromatic heterocycles. The molecular weight excluding hydrogens is 220 g/mol. The maximum absolute atomic E-state index is 6.11. The van der Waals surface area contributed by atoms with E-state index in [0.29, 0.717) is 0 Å². The van der Waals surface area contributed by atoms with Crippen molar-refractivity contribution in [1.29, 1.82) is 0 Å². The lowest BCUT2D eigenvalue weighted by Gasteiger charge is -1.99. The van der Waals surface area contributed by atoms with E-state index in [1.54, 1.807) is 0 Å². The molecule has 0 saturated heterocycles. The standard InChI is InChI=1S/C13H17ClN2/c14-12-7-4-6-11-10(9-16-13(11)12)5-2-1-3-8-15/h4,6-7,9,16H,1-3,5,8,15H2. The van der Waals surface area contributed by atoms with E-state index < -0.39 is 0 Å². The third kappa shape index (κ3) is 2.39. The van der Waals surface area contributed by atoms with Crippen LogP contribution in [0.4, 0.5) is 0 Å². The number of fused-ring (bicyclic) bond motifs is 1. The minimum atomic E-state index is 0.791. The molecule has 0 aliphatic heterocycles. The van der Waals surface area contributed by atoms with E-state index in [4.69, 9.17) is 17.3 Å². The van der Waals surface area contributed by atoms with E-state index >= 15 is 0 Å². The molecule has 1 heterocycles. The van der Waals surface area contributed by atoms with Crippen LogP contribution in [0.3, 0.4) is 0 Å². The quantitative estimate of drug-likeness (QED) is 0.767. The number of halogens is 1. The first-order valence-corrected chi connectivity index (χ1v) is 6.15. The molecule has 0 fully saturated rings. The van der Waals surface area contributed by atoms with Gasteiger partial charge < -0.3 is 10.7 Å². The second kappa shape index (κ2) is 5.37. The van der Waals surface area contributed by atoms with E-state index in [-0.39, 0.29) is 0 Å². The molecule has 2 aromatic rings. The van der Waals surface area contributed by atoms with Crippen molar-refractivity contribution in [3.8, 4) is 0 Å². The van der Waals surface area contributed by atoms with Crippen molar-refractivity contribution in [2.75, 3.05) is 6.54 Å². The number of unbranched alkanes of at least 4 members (excludes halogenated alkanes) is 2. The van der Waals surface area contributed by atoms with Gasteiger partial charge in [0.2, 0.25) is 0 Å². The number of H-pyrrole nitrogens is 1. The van der Waals surface area contributed by atoms with Crippen molar-refractivity contribution < 1.29 is 0 Å². The number of hydrogen-bond donors (Lipinski definition) is 2. The predicted molar refractivity (Wildman–Crippen MR) is 69.9 cm³/mol. The normalized spacial score (nSPS) is 11.1. The lowest BCUT2D eigenvalue weighted by molar-refractivity contribution is 0.688. The molecule has 0 aliphatic carbocycles. The van der Waals surface area contributed by atoms with E-state index in [1.165, 1.54) is 23.8 Å². The third-order valence-electron chi connectivity index (χ3n) is 2.90. The number of aryl methyl sites for hydroxylation is 1. The number of nitrogens with two attached hydrogens (primary N) is 1. The zero-order valence-corrected chi connectivity index (χ0v) is 10.1. The van der Waals surface area contributed by atoms with Crippen LogP contribution in [-0.2, 0) is 6.42 Å². The summed E-state index contributed by atoms with van der Waals surface area (Å²) in [6.45, 7) is 0.791. The maximum Gasteiger partial charge on any atom is 0.0647 e. The van der Waals surface area contributed by atoms with E-state index in [9.17, 15) is 0 Å². The molecule has 0 radical (unpaired) electrons. The van der Waals surface area contributed by atoms with Gasteiger partial charge in [-0.3, -0.25) is 0 Å². The molecule has 1 aromatic carbocycles. The summed E-state index contributed by atoms with van der Waals surface area (Å²) in [5, 5.41) is 2.05. The average molecular weight is 237 g/mol. The van der Waals surface area contributed by atoms with Crippen LogP contribution in [0, 0.1) is 0 Å². The lowest BCUT2D eigenvalue weighted by atomic mass is 10.1. The van der Waals surface area contributed by atoms with Gasteiger partial charge in [0.15, 0.2) is 0 Å². The Morgan fingerprint density at radius 1 is 1.19 bits per heavy atom. The van der Waals surface area contributed by atoms with E-state index in [2.05, 4.69) is 17.2 Å². The highest BCUT2D eigenvalue weighted by molar-refractivity contribution is 6.35. The van der Waals surface area contributed by atoms with Gasteiger partial charge >= 0.3 is 0 Å². The topological polar surface area (TPSA) is 41.8 Å². The Balaban J connectivity index is 2.10. The lowest BCUT2D eigenvalue weighted by Crippen LogP contribution is -1.98. The van der Waals surface area contributed by atoms with Crippen molar-refractivity contribution in [2.45, 2.75) is 25.7 Å². The van der Waals surface area contributed by atoms with Gasteiger partial charge in [-0.05, 0) is 37.4 Å². The minimum absolute atomic E-state index is 0.791. The predicted octanol–water partition coefficient (Wildman–Crippen LogP) is 3.49. The smallest absolute Gasteiger partial charge is 0.0647 e. The molecule has 0 amide bonds. The highest BCUT2D eigenvalue weighted by atomic mass is 35.5. The fraction of sp³-hybridized carbons (Fsp3) is 0.385. The van der Waals surface area contributed by atoms with Gasteiger partial charge in [0.05, 0.1) is 10.5 Å². The number of benzene rings is 1. The number of nitrogens with one attached hydrogen (secondary N) is 1. The molecule has 0 spiro atoms. The van der Waals surface area contributed by atoms with Crippen molar-refractivity contribution in [3.05, 3.63) is 35.0 Å². The fourth-order valence-electron chi connectivity index (χ4n) is 2.02. The number of rotatable bonds is 5. The van der Waals surface area contributed by atoms with Crippen LogP contribution in [0.15, 0.2) is 24.4 Å². The zero-order valence-electron chi connectivity index (χ0n) is 9.30. The van der Waals surface area contributed by atoms with Crippen LogP contribution in [0.25, 0.3) is 10.9 Å². The summed E-state index contributed by atoms with van der Waals surface area (Å²) in [5.74, 6) is 0. The minimum Gasteiger partial charge on any atom is -0.360 e. The molecule has 0 aliphatic rings. The Morgan fingerprint density at radius 2 is 2.06 bits per heavy atom. The van der Waals surface area contributed by atoms with Crippen LogP contribution < -0.4 is 5.73 Å². The van der Waals surface area contributed by atoms with Crippen molar-refractivity contribution in [2.24, 2.45) is 5.73 Å². The second-order valence-corrected chi connectivity index (χ2v) is 4.48. The Bertz CT molecular complexity index is 462. The van der Waals surface area contributed by atoms with Crippen LogP contribution in [0.2, 0.25) is 5.02 Å². The molecule has 3 heteroatoms. The average Bonchev–Trinajstić information content (AvgIpc) is 2.70. The van der Waals surface area contributed by atoms with Gasteiger partial charge in [-0.2, -0.15) is 0 Å². The monoisotopic (exact) mass is 236 g/mol. The van der Waals surface area contributed by atoms with Crippen LogP contribution in [-0.4, -0.2) is 11.5 Å². The fourth-order valence-corrected chi connectivity index (χ4v) is 2.25. The van der Waals surface area contributed by atoms with Gasteiger partial charge in [0.25, 0.3) is 0 Å². The van der Waals surface area contributed by atoms with E-state index in [0.717, 1.165) is 29.9 Å². The van der Waals surface area contributed by atoms with Crippen molar-refractivity contribution in [1.82, 2.24) is 4.98 Å². The third-order valence-corrected chi connectivity index (χ3v) is 3.22.